The zero-order valence-corrected chi connectivity index (χ0v) is 13.9. The van der Waals surface area contributed by atoms with Crippen LogP contribution in [-0.2, 0) is 6.42 Å². The summed E-state index contributed by atoms with van der Waals surface area (Å²) in [4.78, 5) is 11.0. The number of halogens is 1. The van der Waals surface area contributed by atoms with Crippen molar-refractivity contribution in [2.45, 2.75) is 31.3 Å². The molecule has 2 aromatic rings. The van der Waals surface area contributed by atoms with E-state index in [4.69, 9.17) is 4.74 Å². The molecule has 4 nitrogen and oxygen atoms in total. The second-order valence-electron chi connectivity index (χ2n) is 6.08. The van der Waals surface area contributed by atoms with Crippen LogP contribution in [0.5, 0.6) is 5.75 Å². The number of aromatic nitrogens is 2. The van der Waals surface area contributed by atoms with Crippen molar-refractivity contribution in [3.05, 3.63) is 46.8 Å². The van der Waals surface area contributed by atoms with Crippen LogP contribution < -0.4 is 9.64 Å². The van der Waals surface area contributed by atoms with E-state index in [1.165, 1.54) is 5.56 Å². The van der Waals surface area contributed by atoms with Crippen LogP contribution in [0.2, 0.25) is 0 Å². The number of nitrogens with zero attached hydrogens (tertiary/aromatic N) is 3. The fourth-order valence-corrected chi connectivity index (χ4v) is 3.63. The summed E-state index contributed by atoms with van der Waals surface area (Å²) < 4.78 is 7.17. The number of piperidine rings is 1. The van der Waals surface area contributed by atoms with Gasteiger partial charge in [0.15, 0.2) is 0 Å². The molecule has 2 aliphatic rings. The predicted octanol–water partition coefficient (Wildman–Crippen LogP) is 3.60. The lowest BCUT2D eigenvalue weighted by atomic mass is 9.83. The fourth-order valence-electron chi connectivity index (χ4n) is 3.42. The molecule has 1 aromatic heterocycles. The van der Waals surface area contributed by atoms with Crippen molar-refractivity contribution in [1.29, 1.82) is 0 Å². The maximum atomic E-state index is 6.39. The molecule has 0 aliphatic carbocycles. The van der Waals surface area contributed by atoms with Crippen molar-refractivity contribution >= 4 is 21.7 Å². The Morgan fingerprint density at radius 1 is 1.05 bits per heavy atom. The third kappa shape index (κ3) is 2.58. The van der Waals surface area contributed by atoms with E-state index in [1.54, 1.807) is 6.20 Å². The van der Waals surface area contributed by atoms with Crippen LogP contribution in [0.25, 0.3) is 0 Å². The molecule has 0 radical (unpaired) electrons. The van der Waals surface area contributed by atoms with Crippen LogP contribution in [0.1, 0.15) is 24.8 Å². The highest BCUT2D eigenvalue weighted by molar-refractivity contribution is 9.10. The third-order valence-electron chi connectivity index (χ3n) is 4.75. The van der Waals surface area contributed by atoms with Crippen molar-refractivity contribution in [3.8, 4) is 5.75 Å². The molecule has 1 saturated heterocycles. The average Bonchev–Trinajstić information content (AvgIpc) is 2.56. The summed E-state index contributed by atoms with van der Waals surface area (Å²) >= 11 is 3.33. The Hall–Kier alpha value is -1.62. The third-order valence-corrected chi connectivity index (χ3v) is 5.16. The summed E-state index contributed by atoms with van der Waals surface area (Å²) in [6.45, 7) is 1.94. The molecular weight excluding hydrogens is 342 g/mol. The van der Waals surface area contributed by atoms with E-state index >= 15 is 0 Å². The molecular formula is C17H18BrN3O. The standard InChI is InChI=1S/C17H18BrN3O/c18-15-11-20-16(12-19-15)21-9-7-17(8-10-21)6-5-13-3-1-2-4-14(13)22-17/h1-4,11-12H,5-10H2. The first-order valence-corrected chi connectivity index (χ1v) is 8.53. The number of hydrogen-bond donors (Lipinski definition) is 0. The minimum atomic E-state index is 0.00758. The van der Waals surface area contributed by atoms with E-state index in [0.29, 0.717) is 0 Å². The highest BCUT2D eigenvalue weighted by Gasteiger charge is 2.39. The van der Waals surface area contributed by atoms with Gasteiger partial charge in [-0.1, -0.05) is 18.2 Å². The lowest BCUT2D eigenvalue weighted by Gasteiger charge is -2.44. The van der Waals surface area contributed by atoms with Crippen molar-refractivity contribution in [3.63, 3.8) is 0 Å². The molecule has 0 N–H and O–H groups in total. The van der Waals surface area contributed by atoms with Gasteiger partial charge in [0.05, 0.1) is 12.4 Å². The fraction of sp³-hybridized carbons (Fsp3) is 0.412. The minimum absolute atomic E-state index is 0.00758. The lowest BCUT2D eigenvalue weighted by Crippen LogP contribution is -2.50. The molecule has 1 spiro atoms. The Morgan fingerprint density at radius 2 is 1.86 bits per heavy atom. The van der Waals surface area contributed by atoms with Gasteiger partial charge < -0.3 is 9.64 Å². The van der Waals surface area contributed by atoms with Crippen molar-refractivity contribution in [2.75, 3.05) is 18.0 Å². The van der Waals surface area contributed by atoms with E-state index in [9.17, 15) is 0 Å². The molecule has 3 heterocycles. The van der Waals surface area contributed by atoms with Crippen molar-refractivity contribution in [1.82, 2.24) is 9.97 Å². The highest BCUT2D eigenvalue weighted by atomic mass is 79.9. The molecule has 1 aromatic carbocycles. The van der Waals surface area contributed by atoms with Gasteiger partial charge in [-0.2, -0.15) is 0 Å². The maximum absolute atomic E-state index is 6.39. The Kier molecular flexibility index (Phi) is 3.53. The molecule has 0 amide bonds. The monoisotopic (exact) mass is 359 g/mol. The number of aryl methyl sites for hydroxylation is 1. The smallest absolute Gasteiger partial charge is 0.147 e. The van der Waals surface area contributed by atoms with Crippen LogP contribution in [-0.4, -0.2) is 28.7 Å². The van der Waals surface area contributed by atoms with Gasteiger partial charge in [-0.15, -0.1) is 0 Å². The van der Waals surface area contributed by atoms with E-state index in [2.05, 4.69) is 55.1 Å². The Labute approximate surface area is 138 Å². The van der Waals surface area contributed by atoms with Crippen molar-refractivity contribution in [2.24, 2.45) is 0 Å². The first kappa shape index (κ1) is 14.0. The van der Waals surface area contributed by atoms with Gasteiger partial charge in [-0.05, 0) is 40.4 Å². The summed E-state index contributed by atoms with van der Waals surface area (Å²) in [5.41, 5.74) is 1.35. The summed E-state index contributed by atoms with van der Waals surface area (Å²) in [6.07, 6.45) is 7.91. The highest BCUT2D eigenvalue weighted by Crippen LogP contribution is 2.39. The van der Waals surface area contributed by atoms with Gasteiger partial charge in [0, 0.05) is 25.9 Å². The van der Waals surface area contributed by atoms with E-state index in [-0.39, 0.29) is 5.60 Å². The molecule has 1 fully saturated rings. The van der Waals surface area contributed by atoms with Gasteiger partial charge >= 0.3 is 0 Å². The average molecular weight is 360 g/mol. The molecule has 114 valence electrons. The van der Waals surface area contributed by atoms with Crippen LogP contribution in [0.3, 0.4) is 0 Å². The molecule has 4 rings (SSSR count). The quantitative estimate of drug-likeness (QED) is 0.779. The molecule has 22 heavy (non-hydrogen) atoms. The van der Waals surface area contributed by atoms with Crippen LogP contribution >= 0.6 is 15.9 Å². The van der Waals surface area contributed by atoms with Gasteiger partial charge in [0.1, 0.15) is 21.8 Å². The number of hydrogen-bond acceptors (Lipinski definition) is 4. The maximum Gasteiger partial charge on any atom is 0.147 e. The molecule has 0 saturated carbocycles. The Morgan fingerprint density at radius 3 is 2.64 bits per heavy atom. The topological polar surface area (TPSA) is 38.2 Å². The van der Waals surface area contributed by atoms with Gasteiger partial charge in [0.25, 0.3) is 0 Å². The number of anilines is 1. The number of ether oxygens (including phenoxy) is 1. The normalized spacial score (nSPS) is 19.6. The molecule has 2 aliphatic heterocycles. The first-order chi connectivity index (χ1) is 10.7. The molecule has 0 bridgehead atoms. The summed E-state index contributed by atoms with van der Waals surface area (Å²) in [6, 6.07) is 8.43. The second-order valence-corrected chi connectivity index (χ2v) is 6.89. The minimum Gasteiger partial charge on any atom is -0.487 e. The van der Waals surface area contributed by atoms with Crippen LogP contribution in [0, 0.1) is 0 Å². The summed E-state index contributed by atoms with van der Waals surface area (Å²) in [7, 11) is 0. The molecule has 0 unspecified atom stereocenters. The first-order valence-electron chi connectivity index (χ1n) is 7.74. The number of benzene rings is 1. The number of fused-ring (bicyclic) bond motifs is 1. The van der Waals surface area contributed by atoms with E-state index in [0.717, 1.165) is 54.9 Å². The largest absolute Gasteiger partial charge is 0.487 e. The SMILES string of the molecule is Brc1cnc(N2CCC3(CCc4ccccc4O3)CC2)cn1. The molecule has 5 heteroatoms. The zero-order valence-electron chi connectivity index (χ0n) is 12.3. The second kappa shape index (κ2) is 5.54. The summed E-state index contributed by atoms with van der Waals surface area (Å²) in [5.74, 6) is 2.03. The van der Waals surface area contributed by atoms with Crippen molar-refractivity contribution < 1.29 is 4.74 Å². The summed E-state index contributed by atoms with van der Waals surface area (Å²) in [5, 5.41) is 0. The predicted molar refractivity (Wildman–Crippen MR) is 89.3 cm³/mol. The number of para-hydroxylation sites is 1. The van der Waals surface area contributed by atoms with Crippen LogP contribution in [0.15, 0.2) is 41.3 Å². The lowest BCUT2D eigenvalue weighted by molar-refractivity contribution is 0.0224. The van der Waals surface area contributed by atoms with E-state index in [1.807, 2.05) is 6.20 Å². The zero-order chi connectivity index (χ0) is 15.0. The van der Waals surface area contributed by atoms with E-state index < -0.39 is 0 Å². The van der Waals surface area contributed by atoms with Crippen LogP contribution in [0.4, 0.5) is 5.82 Å². The Bertz CT molecular complexity index is 666. The molecule has 0 atom stereocenters. The number of rotatable bonds is 1. The van der Waals surface area contributed by atoms with Gasteiger partial charge in [-0.25, -0.2) is 9.97 Å². The van der Waals surface area contributed by atoms with Gasteiger partial charge in [0.2, 0.25) is 0 Å². The Balaban J connectivity index is 1.47. The van der Waals surface area contributed by atoms with Gasteiger partial charge in [-0.3, -0.25) is 0 Å².